The molecule has 7 heteroatoms. The third-order valence-electron chi connectivity index (χ3n) is 4.58. The van der Waals surface area contributed by atoms with Crippen LogP contribution < -0.4 is 10.6 Å². The highest BCUT2D eigenvalue weighted by Crippen LogP contribution is 2.38. The first-order valence-electron chi connectivity index (χ1n) is 8.59. The lowest BCUT2D eigenvalue weighted by Crippen LogP contribution is -2.23. The van der Waals surface area contributed by atoms with Crippen molar-refractivity contribution in [2.24, 2.45) is 11.8 Å². The Morgan fingerprint density at radius 1 is 1.23 bits per heavy atom. The minimum atomic E-state index is -0.202. The van der Waals surface area contributed by atoms with Crippen molar-refractivity contribution in [3.05, 3.63) is 54.0 Å². The molecular weight excluding hydrogens is 330 g/mol. The molecule has 132 valence electrons. The highest BCUT2D eigenvalue weighted by molar-refractivity contribution is 5.97. The minimum Gasteiger partial charge on any atom is -0.345 e. The number of nitrogens with one attached hydrogen (secondary N) is 3. The molecule has 1 fully saturated rings. The van der Waals surface area contributed by atoms with E-state index in [0.29, 0.717) is 28.6 Å². The maximum absolute atomic E-state index is 12.3. The van der Waals surface area contributed by atoms with Crippen LogP contribution in [-0.2, 0) is 11.3 Å². The van der Waals surface area contributed by atoms with Gasteiger partial charge in [-0.25, -0.2) is 9.97 Å². The Hall–Kier alpha value is -3.22. The smallest absolute Gasteiger partial charge is 0.251 e. The number of imidazole rings is 1. The number of benzene rings is 1. The van der Waals surface area contributed by atoms with E-state index in [4.69, 9.17) is 0 Å². The van der Waals surface area contributed by atoms with Gasteiger partial charge in [0.15, 0.2) is 5.65 Å². The van der Waals surface area contributed by atoms with Crippen molar-refractivity contribution in [3.8, 4) is 0 Å². The largest absolute Gasteiger partial charge is 0.345 e. The first-order valence-corrected chi connectivity index (χ1v) is 8.59. The molecule has 2 heterocycles. The standard InChI is InChI=1S/C19H19N5O2/c1-11-9-14(11)19(26)22-13-6-4-12(5-7-13)18(25)21-10-16-23-15-3-2-8-20-17(15)24-16/h2-8,11,14H,9-10H2,1H3,(H,21,25)(H,22,26)(H,20,23,24)/t11-,14-/m1/s1. The number of amides is 2. The number of aromatic nitrogens is 3. The minimum absolute atomic E-state index is 0.0493. The average molecular weight is 349 g/mol. The van der Waals surface area contributed by atoms with Gasteiger partial charge in [-0.1, -0.05) is 6.92 Å². The van der Waals surface area contributed by atoms with Gasteiger partial charge in [-0.3, -0.25) is 9.59 Å². The van der Waals surface area contributed by atoms with Gasteiger partial charge in [0.1, 0.15) is 5.82 Å². The SMILES string of the molecule is C[C@@H]1C[C@H]1C(=O)Nc1ccc(C(=O)NCc2nc3ncccc3[nH]2)cc1. The Balaban J connectivity index is 1.34. The Kier molecular flexibility index (Phi) is 4.12. The van der Waals surface area contributed by atoms with E-state index < -0.39 is 0 Å². The fraction of sp³-hybridized carbons (Fsp3) is 0.263. The van der Waals surface area contributed by atoms with Gasteiger partial charge in [0.25, 0.3) is 5.91 Å². The summed E-state index contributed by atoms with van der Waals surface area (Å²) in [5, 5.41) is 5.70. The lowest BCUT2D eigenvalue weighted by atomic mass is 10.2. The maximum atomic E-state index is 12.3. The van der Waals surface area contributed by atoms with Crippen LogP contribution in [0.1, 0.15) is 29.5 Å². The van der Waals surface area contributed by atoms with Crippen molar-refractivity contribution in [2.75, 3.05) is 5.32 Å². The summed E-state index contributed by atoms with van der Waals surface area (Å²) in [7, 11) is 0. The number of hydrogen-bond donors (Lipinski definition) is 3. The summed E-state index contributed by atoms with van der Waals surface area (Å²) in [6, 6.07) is 10.6. The number of hydrogen-bond acceptors (Lipinski definition) is 4. The van der Waals surface area contributed by atoms with Crippen molar-refractivity contribution in [1.82, 2.24) is 20.3 Å². The molecule has 1 aliphatic rings. The van der Waals surface area contributed by atoms with Crippen LogP contribution in [0.2, 0.25) is 0 Å². The zero-order valence-corrected chi connectivity index (χ0v) is 14.3. The van der Waals surface area contributed by atoms with Crippen molar-refractivity contribution in [2.45, 2.75) is 19.9 Å². The third kappa shape index (κ3) is 3.42. The van der Waals surface area contributed by atoms with E-state index in [9.17, 15) is 9.59 Å². The summed E-state index contributed by atoms with van der Waals surface area (Å²) in [6.07, 6.45) is 2.62. The Morgan fingerprint density at radius 2 is 2.00 bits per heavy atom. The summed E-state index contributed by atoms with van der Waals surface area (Å²) in [5.41, 5.74) is 2.69. The van der Waals surface area contributed by atoms with Gasteiger partial charge in [-0.15, -0.1) is 0 Å². The molecule has 2 atom stereocenters. The number of carbonyl (C=O) groups is 2. The summed E-state index contributed by atoms with van der Waals surface area (Å²) >= 11 is 0. The molecule has 26 heavy (non-hydrogen) atoms. The molecule has 1 aliphatic carbocycles. The molecule has 3 aromatic rings. The predicted molar refractivity (Wildman–Crippen MR) is 97.4 cm³/mol. The first kappa shape index (κ1) is 16.3. The summed E-state index contributed by atoms with van der Waals surface area (Å²) in [6.45, 7) is 2.35. The Bertz CT molecular complexity index is 930. The van der Waals surface area contributed by atoms with Gasteiger partial charge in [0.2, 0.25) is 5.91 Å². The number of anilines is 1. The molecule has 7 nitrogen and oxygen atoms in total. The number of pyridine rings is 1. The molecular formula is C19H19N5O2. The molecule has 3 N–H and O–H groups in total. The van der Waals surface area contributed by atoms with Crippen LogP contribution in [0, 0.1) is 11.8 Å². The van der Waals surface area contributed by atoms with Crippen LogP contribution in [0.3, 0.4) is 0 Å². The number of aromatic amines is 1. The molecule has 1 saturated carbocycles. The molecule has 0 unspecified atom stereocenters. The van der Waals surface area contributed by atoms with E-state index >= 15 is 0 Å². The summed E-state index contributed by atoms with van der Waals surface area (Å²) < 4.78 is 0. The van der Waals surface area contributed by atoms with Gasteiger partial charge in [0.05, 0.1) is 12.1 Å². The van der Waals surface area contributed by atoms with E-state index in [1.165, 1.54) is 0 Å². The van der Waals surface area contributed by atoms with Crippen LogP contribution in [0.4, 0.5) is 5.69 Å². The number of nitrogens with zero attached hydrogens (tertiary/aromatic N) is 2. The van der Waals surface area contributed by atoms with Crippen LogP contribution >= 0.6 is 0 Å². The van der Waals surface area contributed by atoms with Gasteiger partial charge in [-0.05, 0) is 48.7 Å². The monoisotopic (exact) mass is 349 g/mol. The second-order valence-corrected chi connectivity index (χ2v) is 6.63. The summed E-state index contributed by atoms with van der Waals surface area (Å²) in [4.78, 5) is 35.8. The Labute approximate surface area is 150 Å². The molecule has 0 spiro atoms. The van der Waals surface area contributed by atoms with Crippen LogP contribution in [0.25, 0.3) is 11.2 Å². The van der Waals surface area contributed by atoms with E-state index in [1.807, 2.05) is 12.1 Å². The topological polar surface area (TPSA) is 99.8 Å². The second kappa shape index (κ2) is 6.59. The van der Waals surface area contributed by atoms with Crippen LogP contribution in [0.5, 0.6) is 0 Å². The molecule has 4 rings (SSSR count). The van der Waals surface area contributed by atoms with Gasteiger partial charge >= 0.3 is 0 Å². The number of fused-ring (bicyclic) bond motifs is 1. The number of H-pyrrole nitrogens is 1. The highest BCUT2D eigenvalue weighted by Gasteiger charge is 2.39. The second-order valence-electron chi connectivity index (χ2n) is 6.63. The zero-order chi connectivity index (χ0) is 18.1. The molecule has 0 bridgehead atoms. The number of carbonyl (C=O) groups excluding carboxylic acids is 2. The maximum Gasteiger partial charge on any atom is 0.251 e. The van der Waals surface area contributed by atoms with Crippen LogP contribution in [0.15, 0.2) is 42.6 Å². The summed E-state index contributed by atoms with van der Waals surface area (Å²) in [5.74, 6) is 1.08. The van der Waals surface area contributed by atoms with E-state index in [2.05, 4.69) is 32.5 Å². The normalized spacial score (nSPS) is 18.5. The third-order valence-corrected chi connectivity index (χ3v) is 4.58. The van der Waals surface area contributed by atoms with Gasteiger partial charge in [0, 0.05) is 23.4 Å². The zero-order valence-electron chi connectivity index (χ0n) is 14.3. The fourth-order valence-electron chi connectivity index (χ4n) is 2.87. The van der Waals surface area contributed by atoms with Crippen LogP contribution in [-0.4, -0.2) is 26.8 Å². The average Bonchev–Trinajstić information content (AvgIpc) is 3.24. The number of rotatable bonds is 5. The lowest BCUT2D eigenvalue weighted by molar-refractivity contribution is -0.117. The van der Waals surface area contributed by atoms with Crippen molar-refractivity contribution in [1.29, 1.82) is 0 Å². The molecule has 2 amide bonds. The highest BCUT2D eigenvalue weighted by atomic mass is 16.2. The molecule has 2 aromatic heterocycles. The van der Waals surface area contributed by atoms with Gasteiger partial charge in [-0.2, -0.15) is 0 Å². The molecule has 0 saturated heterocycles. The lowest BCUT2D eigenvalue weighted by Gasteiger charge is -2.07. The van der Waals surface area contributed by atoms with Crippen molar-refractivity contribution >= 4 is 28.7 Å². The van der Waals surface area contributed by atoms with E-state index in [1.54, 1.807) is 30.5 Å². The fourth-order valence-corrected chi connectivity index (χ4v) is 2.87. The van der Waals surface area contributed by atoms with E-state index in [-0.39, 0.29) is 24.3 Å². The van der Waals surface area contributed by atoms with Crippen molar-refractivity contribution in [3.63, 3.8) is 0 Å². The Morgan fingerprint density at radius 3 is 2.69 bits per heavy atom. The quantitative estimate of drug-likeness (QED) is 0.659. The molecule has 1 aromatic carbocycles. The van der Waals surface area contributed by atoms with Gasteiger partial charge < -0.3 is 15.6 Å². The molecule has 0 aliphatic heterocycles. The molecule has 0 radical (unpaired) electrons. The van der Waals surface area contributed by atoms with E-state index in [0.717, 1.165) is 11.9 Å². The van der Waals surface area contributed by atoms with Crippen molar-refractivity contribution < 1.29 is 9.59 Å². The predicted octanol–water partition coefficient (Wildman–Crippen LogP) is 2.48. The first-order chi connectivity index (χ1) is 12.6.